The largest absolute Gasteiger partial charge is 0.493 e. The van der Waals surface area contributed by atoms with Gasteiger partial charge in [0.15, 0.2) is 17.5 Å². The first-order valence-corrected chi connectivity index (χ1v) is 9.02. The molecule has 5 nitrogen and oxygen atoms in total. The van der Waals surface area contributed by atoms with Gasteiger partial charge in [0.1, 0.15) is 0 Å². The number of rotatable bonds is 8. The first kappa shape index (κ1) is 23.4. The number of ether oxygens (including phenoxy) is 2. The van der Waals surface area contributed by atoms with Crippen LogP contribution < -0.4 is 20.1 Å². The molecule has 0 unspecified atom stereocenters. The fourth-order valence-electron chi connectivity index (χ4n) is 2.48. The Morgan fingerprint density at radius 3 is 2.37 bits per heavy atom. The van der Waals surface area contributed by atoms with Gasteiger partial charge in [0.25, 0.3) is 0 Å². The molecule has 0 spiro atoms. The van der Waals surface area contributed by atoms with E-state index in [9.17, 15) is 0 Å². The van der Waals surface area contributed by atoms with Crippen molar-refractivity contribution in [2.45, 2.75) is 19.9 Å². The summed E-state index contributed by atoms with van der Waals surface area (Å²) in [6.07, 6.45) is 0.898. The van der Waals surface area contributed by atoms with Crippen molar-refractivity contribution < 1.29 is 9.47 Å². The lowest BCUT2D eigenvalue weighted by atomic mass is 10.1. The number of hydrogen-bond donors (Lipinski definition) is 2. The molecule has 0 heterocycles. The van der Waals surface area contributed by atoms with E-state index in [1.54, 1.807) is 14.2 Å². The minimum atomic E-state index is 0. The van der Waals surface area contributed by atoms with E-state index in [2.05, 4.69) is 15.6 Å². The molecule has 0 aliphatic heterocycles. The van der Waals surface area contributed by atoms with E-state index in [-0.39, 0.29) is 24.0 Å². The summed E-state index contributed by atoms with van der Waals surface area (Å²) in [5, 5.41) is 7.38. The maximum Gasteiger partial charge on any atom is 0.191 e. The van der Waals surface area contributed by atoms with Crippen LogP contribution in [0.1, 0.15) is 18.1 Å². The monoisotopic (exact) mass is 503 g/mol. The molecule has 2 aromatic carbocycles. The van der Waals surface area contributed by atoms with E-state index in [4.69, 9.17) is 21.1 Å². The van der Waals surface area contributed by atoms with Gasteiger partial charge in [0.05, 0.1) is 13.7 Å². The molecule has 0 bridgehead atoms. The summed E-state index contributed by atoms with van der Waals surface area (Å²) in [7, 11) is 3.40. The van der Waals surface area contributed by atoms with Crippen LogP contribution in [0.25, 0.3) is 0 Å². The lowest BCUT2D eigenvalue weighted by Gasteiger charge is -2.14. The van der Waals surface area contributed by atoms with Gasteiger partial charge < -0.3 is 20.1 Å². The highest BCUT2D eigenvalue weighted by Crippen LogP contribution is 2.27. The summed E-state index contributed by atoms with van der Waals surface area (Å²) in [5.74, 6) is 2.24. The number of guanidine groups is 1. The Morgan fingerprint density at radius 2 is 1.74 bits per heavy atom. The van der Waals surface area contributed by atoms with Crippen molar-refractivity contribution in [3.63, 3.8) is 0 Å². The minimum absolute atomic E-state index is 0. The van der Waals surface area contributed by atoms with Crippen molar-refractivity contribution in [1.29, 1.82) is 0 Å². The number of halogens is 2. The Bertz CT molecular complexity index is 724. The van der Waals surface area contributed by atoms with Gasteiger partial charge in [-0.15, -0.1) is 24.0 Å². The van der Waals surface area contributed by atoms with Gasteiger partial charge in [-0.3, -0.25) is 4.99 Å². The predicted molar refractivity (Wildman–Crippen MR) is 123 cm³/mol. The molecule has 0 atom stereocenters. The third-order valence-corrected chi connectivity index (χ3v) is 4.08. The third kappa shape index (κ3) is 7.84. The molecule has 0 amide bonds. The highest BCUT2D eigenvalue weighted by atomic mass is 127. The first-order chi connectivity index (χ1) is 12.7. The first-order valence-electron chi connectivity index (χ1n) is 8.65. The van der Waals surface area contributed by atoms with Crippen LogP contribution in [-0.2, 0) is 13.0 Å². The molecule has 0 saturated heterocycles. The molecule has 0 aliphatic rings. The van der Waals surface area contributed by atoms with Crippen LogP contribution in [0.15, 0.2) is 47.5 Å². The predicted octanol–water partition coefficient (Wildman–Crippen LogP) is 4.27. The standard InChI is InChI=1S/C20H26ClN3O2.HI/c1-4-26-19-13-16(7-10-18(19)25-3)14-24-20(22-2)23-12-11-15-5-8-17(21)9-6-15;/h5-10,13H,4,11-12,14H2,1-3H3,(H2,22,23,24);1H. The molecular weight excluding hydrogens is 477 g/mol. The highest BCUT2D eigenvalue weighted by Gasteiger charge is 2.06. The average Bonchev–Trinajstić information content (AvgIpc) is 2.66. The normalized spacial score (nSPS) is 10.7. The molecule has 2 rings (SSSR count). The maximum atomic E-state index is 5.91. The quantitative estimate of drug-likeness (QED) is 0.321. The van der Waals surface area contributed by atoms with Crippen LogP contribution >= 0.6 is 35.6 Å². The number of aliphatic imine (C=N–C) groups is 1. The van der Waals surface area contributed by atoms with E-state index >= 15 is 0 Å². The molecule has 0 aliphatic carbocycles. The van der Waals surface area contributed by atoms with E-state index in [0.717, 1.165) is 41.0 Å². The summed E-state index contributed by atoms with van der Waals surface area (Å²) in [6.45, 7) is 3.98. The van der Waals surface area contributed by atoms with Crippen LogP contribution in [0, 0.1) is 0 Å². The van der Waals surface area contributed by atoms with Crippen molar-refractivity contribution >= 4 is 41.5 Å². The van der Waals surface area contributed by atoms with Crippen LogP contribution in [0.2, 0.25) is 5.02 Å². The average molecular weight is 504 g/mol. The summed E-state index contributed by atoms with van der Waals surface area (Å²) < 4.78 is 10.9. The third-order valence-electron chi connectivity index (χ3n) is 3.83. The molecule has 0 saturated carbocycles. The minimum Gasteiger partial charge on any atom is -0.493 e. The molecule has 0 fully saturated rings. The van der Waals surface area contributed by atoms with Crippen molar-refractivity contribution in [1.82, 2.24) is 10.6 Å². The van der Waals surface area contributed by atoms with Crippen LogP contribution in [-0.4, -0.2) is 33.3 Å². The molecule has 27 heavy (non-hydrogen) atoms. The number of hydrogen-bond acceptors (Lipinski definition) is 3. The van der Waals surface area contributed by atoms with Crippen LogP contribution in [0.5, 0.6) is 11.5 Å². The van der Waals surface area contributed by atoms with Gasteiger partial charge in [-0.1, -0.05) is 29.8 Å². The van der Waals surface area contributed by atoms with E-state index in [0.29, 0.717) is 13.2 Å². The number of nitrogens with one attached hydrogen (secondary N) is 2. The molecule has 7 heteroatoms. The topological polar surface area (TPSA) is 54.9 Å². The Balaban J connectivity index is 0.00000364. The van der Waals surface area contributed by atoms with Gasteiger partial charge >= 0.3 is 0 Å². The molecule has 148 valence electrons. The SMILES string of the molecule is CCOc1cc(CNC(=NC)NCCc2ccc(Cl)cc2)ccc1OC.I. The number of benzene rings is 2. The Morgan fingerprint density at radius 1 is 1.04 bits per heavy atom. The van der Waals surface area contributed by atoms with Crippen molar-refractivity contribution in [2.24, 2.45) is 4.99 Å². The zero-order valence-electron chi connectivity index (χ0n) is 15.9. The van der Waals surface area contributed by atoms with Crippen LogP contribution in [0.4, 0.5) is 0 Å². The molecule has 2 aromatic rings. The highest BCUT2D eigenvalue weighted by molar-refractivity contribution is 14.0. The van der Waals surface area contributed by atoms with Crippen molar-refractivity contribution in [3.05, 3.63) is 58.6 Å². The van der Waals surface area contributed by atoms with Gasteiger partial charge in [-0.2, -0.15) is 0 Å². The van der Waals surface area contributed by atoms with E-state index < -0.39 is 0 Å². The zero-order chi connectivity index (χ0) is 18.8. The Kier molecular flexibility index (Phi) is 11.0. The van der Waals surface area contributed by atoms with Gasteiger partial charge in [0.2, 0.25) is 0 Å². The maximum absolute atomic E-state index is 5.91. The molecule has 0 aromatic heterocycles. The van der Waals surface area contributed by atoms with Crippen molar-refractivity contribution in [3.8, 4) is 11.5 Å². The van der Waals surface area contributed by atoms with Crippen LogP contribution in [0.3, 0.4) is 0 Å². The summed E-state index contributed by atoms with van der Waals surface area (Å²) in [6, 6.07) is 13.8. The summed E-state index contributed by atoms with van der Waals surface area (Å²) >= 11 is 5.91. The van der Waals surface area contributed by atoms with Gasteiger partial charge in [0, 0.05) is 25.2 Å². The lowest BCUT2D eigenvalue weighted by Crippen LogP contribution is -2.37. The van der Waals surface area contributed by atoms with Crippen molar-refractivity contribution in [2.75, 3.05) is 27.3 Å². The summed E-state index contributed by atoms with van der Waals surface area (Å²) in [5.41, 5.74) is 2.32. The zero-order valence-corrected chi connectivity index (χ0v) is 19.0. The second-order valence-corrected chi connectivity index (χ2v) is 6.08. The van der Waals surface area contributed by atoms with Gasteiger partial charge in [-0.25, -0.2) is 0 Å². The second-order valence-electron chi connectivity index (χ2n) is 5.65. The number of nitrogens with zero attached hydrogens (tertiary/aromatic N) is 1. The van der Waals surface area contributed by atoms with Gasteiger partial charge in [-0.05, 0) is 48.7 Å². The fraction of sp³-hybridized carbons (Fsp3) is 0.350. The Labute approximate surface area is 183 Å². The van der Waals surface area contributed by atoms with E-state index in [1.807, 2.05) is 49.4 Å². The lowest BCUT2D eigenvalue weighted by molar-refractivity contribution is 0.310. The molecular formula is C20H27ClIN3O2. The number of methoxy groups -OCH3 is 1. The summed E-state index contributed by atoms with van der Waals surface area (Å²) in [4.78, 5) is 4.26. The molecule has 0 radical (unpaired) electrons. The Hall–Kier alpha value is -1.67. The smallest absolute Gasteiger partial charge is 0.191 e. The second kappa shape index (κ2) is 12.7. The molecule has 2 N–H and O–H groups in total. The van der Waals surface area contributed by atoms with E-state index in [1.165, 1.54) is 5.56 Å². The fourth-order valence-corrected chi connectivity index (χ4v) is 2.61.